The third-order valence-electron chi connectivity index (χ3n) is 3.59. The summed E-state index contributed by atoms with van der Waals surface area (Å²) in [6, 6.07) is 13.2. The van der Waals surface area contributed by atoms with Crippen molar-refractivity contribution in [2.45, 2.75) is 19.4 Å². The molecule has 0 bridgehead atoms. The Bertz CT molecular complexity index is 634. The van der Waals surface area contributed by atoms with Crippen LogP contribution in [0.5, 0.6) is 0 Å². The zero-order valence-electron chi connectivity index (χ0n) is 13.2. The zero-order chi connectivity index (χ0) is 16.7. The van der Waals surface area contributed by atoms with Gasteiger partial charge in [-0.1, -0.05) is 41.4 Å². The summed E-state index contributed by atoms with van der Waals surface area (Å²) in [6.07, 6.45) is 0.912. The molecular formula is C18H22Cl2N2O. The summed E-state index contributed by atoms with van der Waals surface area (Å²) in [6.45, 7) is 4.24. The zero-order valence-corrected chi connectivity index (χ0v) is 14.7. The maximum absolute atomic E-state index is 6.39. The van der Waals surface area contributed by atoms with E-state index in [0.717, 1.165) is 37.3 Å². The summed E-state index contributed by atoms with van der Waals surface area (Å²) in [7, 11) is 0. The summed E-state index contributed by atoms with van der Waals surface area (Å²) in [5.41, 5.74) is 8.77. The molecule has 0 saturated heterocycles. The Balaban J connectivity index is 2.24. The summed E-state index contributed by atoms with van der Waals surface area (Å²) in [5, 5.41) is 4.87. The number of nitrogens with one attached hydrogen (secondary N) is 1. The van der Waals surface area contributed by atoms with Crippen LogP contribution in [-0.4, -0.2) is 19.8 Å². The molecule has 0 fully saturated rings. The van der Waals surface area contributed by atoms with Gasteiger partial charge in [0, 0.05) is 28.9 Å². The number of hydrogen-bond donors (Lipinski definition) is 2. The average Bonchev–Trinajstić information content (AvgIpc) is 2.55. The largest absolute Gasteiger partial charge is 0.398 e. The lowest BCUT2D eigenvalue weighted by atomic mass is 9.97. The van der Waals surface area contributed by atoms with Gasteiger partial charge in [0.05, 0.1) is 6.04 Å². The van der Waals surface area contributed by atoms with Crippen molar-refractivity contribution in [3.05, 3.63) is 63.6 Å². The van der Waals surface area contributed by atoms with Crippen molar-refractivity contribution < 1.29 is 4.74 Å². The van der Waals surface area contributed by atoms with E-state index >= 15 is 0 Å². The van der Waals surface area contributed by atoms with Crippen molar-refractivity contribution in [3.63, 3.8) is 0 Å². The van der Waals surface area contributed by atoms with Gasteiger partial charge in [-0.05, 0) is 55.3 Å². The van der Waals surface area contributed by atoms with Gasteiger partial charge in [-0.2, -0.15) is 0 Å². The first-order valence-corrected chi connectivity index (χ1v) is 8.49. The van der Waals surface area contributed by atoms with E-state index in [4.69, 9.17) is 33.7 Å². The molecule has 0 aromatic heterocycles. The summed E-state index contributed by atoms with van der Waals surface area (Å²) in [4.78, 5) is 0. The van der Waals surface area contributed by atoms with E-state index in [1.54, 1.807) is 6.07 Å². The van der Waals surface area contributed by atoms with Crippen LogP contribution in [0.25, 0.3) is 0 Å². The lowest BCUT2D eigenvalue weighted by Gasteiger charge is -2.22. The van der Waals surface area contributed by atoms with Crippen LogP contribution in [0.1, 0.15) is 30.5 Å². The molecule has 3 N–H and O–H groups in total. The minimum Gasteiger partial charge on any atom is -0.398 e. The topological polar surface area (TPSA) is 47.3 Å². The second-order valence-corrected chi connectivity index (χ2v) is 6.08. The van der Waals surface area contributed by atoms with E-state index in [0.29, 0.717) is 15.7 Å². The molecule has 0 aliphatic rings. The van der Waals surface area contributed by atoms with Crippen LogP contribution < -0.4 is 11.1 Å². The van der Waals surface area contributed by atoms with Gasteiger partial charge in [0.1, 0.15) is 0 Å². The normalized spacial score (nSPS) is 12.3. The molecule has 3 nitrogen and oxygen atoms in total. The lowest BCUT2D eigenvalue weighted by Crippen LogP contribution is -2.25. The minimum absolute atomic E-state index is 0.107. The fourth-order valence-electron chi connectivity index (χ4n) is 2.46. The Morgan fingerprint density at radius 3 is 2.65 bits per heavy atom. The standard InChI is InChI=1S/C18H22Cl2N2O/c1-2-23-11-5-10-22-18(14-6-3-4-7-16(14)20)15-12-13(19)8-9-17(15)21/h3-4,6-9,12,18,22H,2,5,10-11,21H2,1H3. The van der Waals surface area contributed by atoms with Gasteiger partial charge in [0.2, 0.25) is 0 Å². The highest BCUT2D eigenvalue weighted by Gasteiger charge is 2.19. The van der Waals surface area contributed by atoms with Gasteiger partial charge in [-0.3, -0.25) is 0 Å². The molecule has 124 valence electrons. The number of benzene rings is 2. The minimum atomic E-state index is -0.107. The van der Waals surface area contributed by atoms with Crippen molar-refractivity contribution in [1.82, 2.24) is 5.32 Å². The number of nitrogen functional groups attached to an aromatic ring is 1. The Morgan fingerprint density at radius 2 is 1.91 bits per heavy atom. The van der Waals surface area contributed by atoms with Gasteiger partial charge in [-0.15, -0.1) is 0 Å². The summed E-state index contributed by atoms with van der Waals surface area (Å²) >= 11 is 12.5. The molecule has 0 saturated carbocycles. The predicted molar refractivity (Wildman–Crippen MR) is 98.3 cm³/mol. The Morgan fingerprint density at radius 1 is 1.13 bits per heavy atom. The number of anilines is 1. The van der Waals surface area contributed by atoms with E-state index in [1.165, 1.54) is 0 Å². The fraction of sp³-hybridized carbons (Fsp3) is 0.333. The molecule has 0 amide bonds. The maximum atomic E-state index is 6.39. The van der Waals surface area contributed by atoms with Gasteiger partial charge < -0.3 is 15.8 Å². The molecule has 23 heavy (non-hydrogen) atoms. The Kier molecular flexibility index (Phi) is 7.18. The van der Waals surface area contributed by atoms with Gasteiger partial charge >= 0.3 is 0 Å². The number of ether oxygens (including phenoxy) is 1. The third kappa shape index (κ3) is 5.11. The molecule has 1 unspecified atom stereocenters. The third-order valence-corrected chi connectivity index (χ3v) is 4.17. The second-order valence-electron chi connectivity index (χ2n) is 5.23. The smallest absolute Gasteiger partial charge is 0.0612 e. The molecule has 5 heteroatoms. The highest BCUT2D eigenvalue weighted by Crippen LogP contribution is 2.32. The van der Waals surface area contributed by atoms with Crippen molar-refractivity contribution in [3.8, 4) is 0 Å². The summed E-state index contributed by atoms with van der Waals surface area (Å²) < 4.78 is 5.38. The number of nitrogens with two attached hydrogens (primary N) is 1. The molecule has 2 rings (SSSR count). The lowest BCUT2D eigenvalue weighted by molar-refractivity contribution is 0.144. The van der Waals surface area contributed by atoms with Crippen molar-refractivity contribution in [2.75, 3.05) is 25.5 Å². The van der Waals surface area contributed by atoms with E-state index in [9.17, 15) is 0 Å². The fourth-order valence-corrected chi connectivity index (χ4v) is 2.88. The van der Waals surface area contributed by atoms with E-state index in [-0.39, 0.29) is 6.04 Å². The summed E-state index contributed by atoms with van der Waals surface area (Å²) in [5.74, 6) is 0. The average molecular weight is 353 g/mol. The van der Waals surface area contributed by atoms with Gasteiger partial charge in [0.15, 0.2) is 0 Å². The van der Waals surface area contributed by atoms with Crippen LogP contribution >= 0.6 is 23.2 Å². The molecule has 2 aromatic rings. The Labute approximate surface area is 147 Å². The van der Waals surface area contributed by atoms with Crippen molar-refractivity contribution in [2.24, 2.45) is 0 Å². The van der Waals surface area contributed by atoms with Gasteiger partial charge in [-0.25, -0.2) is 0 Å². The molecule has 0 aliphatic carbocycles. The van der Waals surface area contributed by atoms with Crippen LogP contribution in [-0.2, 0) is 4.74 Å². The molecule has 0 aliphatic heterocycles. The van der Waals surface area contributed by atoms with E-state index in [1.807, 2.05) is 43.3 Å². The molecule has 0 spiro atoms. The molecular weight excluding hydrogens is 331 g/mol. The monoisotopic (exact) mass is 352 g/mol. The molecule has 2 aromatic carbocycles. The van der Waals surface area contributed by atoms with Crippen LogP contribution in [0.4, 0.5) is 5.69 Å². The highest BCUT2D eigenvalue weighted by molar-refractivity contribution is 6.31. The Hall–Kier alpha value is -1.26. The number of halogens is 2. The predicted octanol–water partition coefficient (Wildman–Crippen LogP) is 4.68. The van der Waals surface area contributed by atoms with E-state index in [2.05, 4.69) is 5.32 Å². The highest BCUT2D eigenvalue weighted by atomic mass is 35.5. The quantitative estimate of drug-likeness (QED) is 0.535. The van der Waals surface area contributed by atoms with Crippen LogP contribution in [0.15, 0.2) is 42.5 Å². The van der Waals surface area contributed by atoms with E-state index < -0.39 is 0 Å². The van der Waals surface area contributed by atoms with Crippen LogP contribution in [0, 0.1) is 0 Å². The first-order chi connectivity index (χ1) is 11.1. The van der Waals surface area contributed by atoms with Crippen molar-refractivity contribution in [1.29, 1.82) is 0 Å². The molecule has 0 heterocycles. The number of hydrogen-bond acceptors (Lipinski definition) is 3. The second kappa shape index (κ2) is 9.14. The van der Waals surface area contributed by atoms with Crippen molar-refractivity contribution >= 4 is 28.9 Å². The molecule has 0 radical (unpaired) electrons. The van der Waals surface area contributed by atoms with Crippen LogP contribution in [0.2, 0.25) is 10.0 Å². The SMILES string of the molecule is CCOCCCNC(c1cc(Cl)ccc1N)c1ccccc1Cl. The first-order valence-electron chi connectivity index (χ1n) is 7.74. The van der Waals surface area contributed by atoms with Gasteiger partial charge in [0.25, 0.3) is 0 Å². The maximum Gasteiger partial charge on any atom is 0.0612 e. The first kappa shape index (κ1) is 18.1. The van der Waals surface area contributed by atoms with Crippen LogP contribution in [0.3, 0.4) is 0 Å². The number of rotatable bonds is 8. The molecule has 1 atom stereocenters.